The molecule has 0 aliphatic heterocycles. The van der Waals surface area contributed by atoms with Gasteiger partial charge >= 0.3 is 0 Å². The van der Waals surface area contributed by atoms with Crippen LogP contribution in [0.15, 0.2) is 30.3 Å². The van der Waals surface area contributed by atoms with Crippen molar-refractivity contribution >= 4 is 5.91 Å². The van der Waals surface area contributed by atoms with Crippen molar-refractivity contribution in [2.75, 3.05) is 20.1 Å². The average Bonchev–Trinajstić information content (AvgIpc) is 2.29. The van der Waals surface area contributed by atoms with Gasteiger partial charge in [-0.1, -0.05) is 37.3 Å². The third-order valence-electron chi connectivity index (χ3n) is 2.79. The van der Waals surface area contributed by atoms with Crippen LogP contribution in [0.1, 0.15) is 12.5 Å². The number of nitrogens with zero attached hydrogens (tertiary/aromatic N) is 1. The van der Waals surface area contributed by atoms with Gasteiger partial charge in [-0.25, -0.2) is 0 Å². The predicted molar refractivity (Wildman–Crippen MR) is 64.7 cm³/mol. The molecule has 0 aliphatic rings. The molecule has 0 fully saturated rings. The molecule has 0 aromatic heterocycles. The molecule has 4 heteroatoms. The van der Waals surface area contributed by atoms with Gasteiger partial charge < -0.3 is 16.4 Å². The zero-order valence-corrected chi connectivity index (χ0v) is 9.81. The molecule has 1 unspecified atom stereocenters. The molecule has 1 amide bonds. The molecule has 0 bridgehead atoms. The van der Waals surface area contributed by atoms with E-state index in [4.69, 9.17) is 11.5 Å². The zero-order valence-electron chi connectivity index (χ0n) is 9.81. The van der Waals surface area contributed by atoms with Crippen molar-refractivity contribution in [1.29, 1.82) is 0 Å². The van der Waals surface area contributed by atoms with E-state index >= 15 is 0 Å². The number of hydrogen-bond acceptors (Lipinski definition) is 3. The number of amides is 1. The highest BCUT2D eigenvalue weighted by atomic mass is 16.1. The molecule has 0 aliphatic carbocycles. The number of rotatable bonds is 5. The summed E-state index contributed by atoms with van der Waals surface area (Å²) in [5.74, 6) is -0.501. The minimum absolute atomic E-state index is 0.419. The fraction of sp³-hybridized carbons (Fsp3) is 0.417. The second-order valence-electron chi connectivity index (χ2n) is 4.03. The van der Waals surface area contributed by atoms with Crippen LogP contribution in [0.3, 0.4) is 0 Å². The first-order valence-electron chi connectivity index (χ1n) is 5.33. The van der Waals surface area contributed by atoms with Crippen LogP contribution in [0.5, 0.6) is 0 Å². The summed E-state index contributed by atoms with van der Waals surface area (Å²) in [4.78, 5) is 13.5. The van der Waals surface area contributed by atoms with Crippen molar-refractivity contribution in [3.05, 3.63) is 35.9 Å². The van der Waals surface area contributed by atoms with Gasteiger partial charge in [0, 0.05) is 6.54 Å². The van der Waals surface area contributed by atoms with Gasteiger partial charge in [0.25, 0.3) is 0 Å². The molecule has 1 rings (SSSR count). The molecule has 4 nitrogen and oxygen atoms in total. The Morgan fingerprint density at radius 2 is 1.94 bits per heavy atom. The van der Waals surface area contributed by atoms with Crippen molar-refractivity contribution in [2.24, 2.45) is 11.5 Å². The third kappa shape index (κ3) is 2.59. The second kappa shape index (κ2) is 5.09. The number of carbonyl (C=O) groups excluding carboxylic acids is 1. The largest absolute Gasteiger partial charge is 0.368 e. The summed E-state index contributed by atoms with van der Waals surface area (Å²) in [5, 5.41) is 0. The lowest BCUT2D eigenvalue weighted by Gasteiger charge is -2.30. The molecule has 16 heavy (non-hydrogen) atoms. The van der Waals surface area contributed by atoms with E-state index in [1.54, 1.807) is 0 Å². The molecule has 0 heterocycles. The van der Waals surface area contributed by atoms with E-state index in [0.29, 0.717) is 6.54 Å². The molecule has 1 atom stereocenters. The lowest BCUT2D eigenvalue weighted by Crippen LogP contribution is -2.55. The number of nitrogens with two attached hydrogens (primary N) is 2. The van der Waals surface area contributed by atoms with Gasteiger partial charge in [-0.3, -0.25) is 4.79 Å². The maximum absolute atomic E-state index is 11.5. The van der Waals surface area contributed by atoms with Gasteiger partial charge in [0.05, 0.1) is 0 Å². The third-order valence-corrected chi connectivity index (χ3v) is 2.79. The Kier molecular flexibility index (Phi) is 4.04. The summed E-state index contributed by atoms with van der Waals surface area (Å²) in [6, 6.07) is 9.24. The standard InChI is InChI=1S/C12H19N3O/c1-3-15(2)9-12(14,11(13)16)10-7-5-4-6-8-10/h4-8H,3,9,14H2,1-2H3,(H2,13,16). The molecule has 1 aromatic carbocycles. The highest BCUT2D eigenvalue weighted by Crippen LogP contribution is 2.18. The first-order valence-corrected chi connectivity index (χ1v) is 5.33. The maximum atomic E-state index is 11.5. The summed E-state index contributed by atoms with van der Waals surface area (Å²) < 4.78 is 0. The maximum Gasteiger partial charge on any atom is 0.243 e. The van der Waals surface area contributed by atoms with E-state index in [9.17, 15) is 4.79 Å². The highest BCUT2D eigenvalue weighted by Gasteiger charge is 2.34. The number of primary amides is 1. The molecule has 0 saturated heterocycles. The Morgan fingerprint density at radius 3 is 2.38 bits per heavy atom. The molecule has 4 N–H and O–H groups in total. The van der Waals surface area contributed by atoms with Gasteiger partial charge in [-0.05, 0) is 19.2 Å². The van der Waals surface area contributed by atoms with Crippen molar-refractivity contribution < 1.29 is 4.79 Å². The first-order chi connectivity index (χ1) is 7.50. The van der Waals surface area contributed by atoms with E-state index in [2.05, 4.69) is 0 Å². The summed E-state index contributed by atoms with van der Waals surface area (Å²) in [6.45, 7) is 3.24. The van der Waals surface area contributed by atoms with Gasteiger partial charge in [-0.2, -0.15) is 0 Å². The van der Waals surface area contributed by atoms with Crippen molar-refractivity contribution in [2.45, 2.75) is 12.5 Å². The van der Waals surface area contributed by atoms with E-state index in [0.717, 1.165) is 12.1 Å². The van der Waals surface area contributed by atoms with Crippen LogP contribution in [0.25, 0.3) is 0 Å². The van der Waals surface area contributed by atoms with Crippen LogP contribution in [-0.4, -0.2) is 30.9 Å². The second-order valence-corrected chi connectivity index (χ2v) is 4.03. The summed E-state index contributed by atoms with van der Waals surface area (Å²) in [6.07, 6.45) is 0. The van der Waals surface area contributed by atoms with Crippen LogP contribution >= 0.6 is 0 Å². The Labute approximate surface area is 96.2 Å². The van der Waals surface area contributed by atoms with Gasteiger partial charge in [0.15, 0.2) is 0 Å². The lowest BCUT2D eigenvalue weighted by atomic mass is 9.89. The fourth-order valence-electron chi connectivity index (χ4n) is 1.58. The van der Waals surface area contributed by atoms with Crippen LogP contribution < -0.4 is 11.5 Å². The van der Waals surface area contributed by atoms with E-state index in [1.165, 1.54) is 0 Å². The number of carbonyl (C=O) groups is 1. The fourth-order valence-corrected chi connectivity index (χ4v) is 1.58. The van der Waals surface area contributed by atoms with Gasteiger partial charge in [0.2, 0.25) is 5.91 Å². The minimum atomic E-state index is -1.12. The number of likely N-dealkylation sites (N-methyl/N-ethyl adjacent to an activating group) is 1. The predicted octanol–water partition coefficient (Wildman–Crippen LogP) is 0.278. The molecule has 0 spiro atoms. The smallest absolute Gasteiger partial charge is 0.243 e. The number of hydrogen-bond donors (Lipinski definition) is 2. The SMILES string of the molecule is CCN(C)CC(N)(C(N)=O)c1ccccc1. The first kappa shape index (κ1) is 12.7. The van der Waals surface area contributed by atoms with E-state index < -0.39 is 11.4 Å². The molecule has 1 aromatic rings. The molecule has 0 saturated carbocycles. The number of benzene rings is 1. The summed E-state index contributed by atoms with van der Waals surface area (Å²) in [7, 11) is 1.91. The molecule has 88 valence electrons. The normalized spacial score (nSPS) is 14.8. The summed E-state index contributed by atoms with van der Waals surface area (Å²) >= 11 is 0. The van der Waals surface area contributed by atoms with Crippen molar-refractivity contribution in [3.8, 4) is 0 Å². The Morgan fingerprint density at radius 1 is 1.38 bits per heavy atom. The van der Waals surface area contributed by atoms with Crippen LogP contribution in [0, 0.1) is 0 Å². The zero-order chi connectivity index (χ0) is 12.2. The lowest BCUT2D eigenvalue weighted by molar-refractivity contribution is -0.124. The van der Waals surface area contributed by atoms with Crippen LogP contribution in [0.2, 0.25) is 0 Å². The van der Waals surface area contributed by atoms with Crippen molar-refractivity contribution in [1.82, 2.24) is 4.90 Å². The minimum Gasteiger partial charge on any atom is -0.368 e. The summed E-state index contributed by atoms with van der Waals surface area (Å²) in [5.41, 5.74) is 11.2. The average molecular weight is 221 g/mol. The topological polar surface area (TPSA) is 72.3 Å². The van der Waals surface area contributed by atoms with Crippen molar-refractivity contribution in [3.63, 3.8) is 0 Å². The Balaban J connectivity index is 3.02. The Bertz CT molecular complexity index is 353. The van der Waals surface area contributed by atoms with Gasteiger partial charge in [-0.15, -0.1) is 0 Å². The highest BCUT2D eigenvalue weighted by molar-refractivity contribution is 5.86. The Hall–Kier alpha value is -1.39. The monoisotopic (exact) mass is 221 g/mol. The van der Waals surface area contributed by atoms with E-state index in [1.807, 2.05) is 49.2 Å². The molecular formula is C12H19N3O. The quantitative estimate of drug-likeness (QED) is 0.750. The van der Waals surface area contributed by atoms with Crippen LogP contribution in [-0.2, 0) is 10.3 Å². The van der Waals surface area contributed by atoms with Crippen LogP contribution in [0.4, 0.5) is 0 Å². The molecule has 0 radical (unpaired) electrons. The van der Waals surface area contributed by atoms with Gasteiger partial charge in [0.1, 0.15) is 5.54 Å². The van der Waals surface area contributed by atoms with E-state index in [-0.39, 0.29) is 0 Å². The molecular weight excluding hydrogens is 202 g/mol.